The van der Waals surface area contributed by atoms with Gasteiger partial charge in [0.2, 0.25) is 5.88 Å². The van der Waals surface area contributed by atoms with E-state index in [0.717, 1.165) is 5.69 Å². The van der Waals surface area contributed by atoms with Crippen molar-refractivity contribution in [2.75, 3.05) is 12.4 Å². The average molecular weight is 287 g/mol. The van der Waals surface area contributed by atoms with Crippen molar-refractivity contribution in [3.63, 3.8) is 0 Å². The summed E-state index contributed by atoms with van der Waals surface area (Å²) in [5.74, 6) is 0.576. The SMILES string of the molecule is COc1ccc(NC(=S)NC(C)c2ccccc2)cn1. The maximum Gasteiger partial charge on any atom is 0.213 e. The summed E-state index contributed by atoms with van der Waals surface area (Å²) in [4.78, 5) is 4.12. The van der Waals surface area contributed by atoms with E-state index in [9.17, 15) is 0 Å². The van der Waals surface area contributed by atoms with Crippen molar-refractivity contribution < 1.29 is 4.74 Å². The van der Waals surface area contributed by atoms with Crippen LogP contribution in [0.1, 0.15) is 18.5 Å². The van der Waals surface area contributed by atoms with Crippen molar-refractivity contribution >= 4 is 23.0 Å². The van der Waals surface area contributed by atoms with E-state index < -0.39 is 0 Å². The number of ether oxygens (including phenoxy) is 1. The summed E-state index contributed by atoms with van der Waals surface area (Å²) < 4.78 is 5.01. The van der Waals surface area contributed by atoms with Gasteiger partial charge in [-0.1, -0.05) is 30.3 Å². The third kappa shape index (κ3) is 3.93. The predicted octanol–water partition coefficient (Wildman–Crippen LogP) is 3.14. The van der Waals surface area contributed by atoms with E-state index >= 15 is 0 Å². The number of rotatable bonds is 4. The van der Waals surface area contributed by atoms with Crippen LogP contribution in [0.4, 0.5) is 5.69 Å². The molecule has 1 atom stereocenters. The van der Waals surface area contributed by atoms with Crippen LogP contribution in [-0.4, -0.2) is 17.2 Å². The molecule has 0 radical (unpaired) electrons. The van der Waals surface area contributed by atoms with E-state index in [-0.39, 0.29) is 6.04 Å². The van der Waals surface area contributed by atoms with Gasteiger partial charge in [0.1, 0.15) is 0 Å². The zero-order chi connectivity index (χ0) is 14.4. The Hall–Kier alpha value is -2.14. The van der Waals surface area contributed by atoms with Gasteiger partial charge in [-0.15, -0.1) is 0 Å². The molecule has 1 aromatic heterocycles. The molecule has 0 aliphatic carbocycles. The van der Waals surface area contributed by atoms with E-state index in [4.69, 9.17) is 17.0 Å². The molecule has 0 bridgehead atoms. The second-order valence-electron chi connectivity index (χ2n) is 4.32. The molecule has 104 valence electrons. The second-order valence-corrected chi connectivity index (χ2v) is 4.73. The van der Waals surface area contributed by atoms with Gasteiger partial charge in [-0.05, 0) is 30.8 Å². The van der Waals surface area contributed by atoms with Crippen LogP contribution in [0.25, 0.3) is 0 Å². The summed E-state index contributed by atoms with van der Waals surface area (Å²) in [6, 6.07) is 13.9. The zero-order valence-electron chi connectivity index (χ0n) is 11.5. The number of nitrogens with zero attached hydrogens (tertiary/aromatic N) is 1. The third-order valence-corrected chi connectivity index (χ3v) is 3.07. The summed E-state index contributed by atoms with van der Waals surface area (Å²) in [5, 5.41) is 6.89. The van der Waals surface area contributed by atoms with Crippen molar-refractivity contribution in [1.29, 1.82) is 0 Å². The minimum absolute atomic E-state index is 0.141. The number of hydrogen-bond donors (Lipinski definition) is 2. The molecule has 1 aromatic carbocycles. The second kappa shape index (κ2) is 6.86. The molecule has 1 unspecified atom stereocenters. The van der Waals surface area contributed by atoms with E-state index in [1.54, 1.807) is 19.4 Å². The van der Waals surface area contributed by atoms with Crippen LogP contribution in [0.5, 0.6) is 5.88 Å². The molecule has 0 amide bonds. The van der Waals surface area contributed by atoms with E-state index in [1.165, 1.54) is 5.56 Å². The van der Waals surface area contributed by atoms with Gasteiger partial charge in [-0.25, -0.2) is 4.98 Å². The average Bonchev–Trinajstić information content (AvgIpc) is 2.49. The lowest BCUT2D eigenvalue weighted by molar-refractivity contribution is 0.398. The Morgan fingerprint density at radius 1 is 1.20 bits per heavy atom. The van der Waals surface area contributed by atoms with Crippen molar-refractivity contribution in [3.8, 4) is 5.88 Å². The van der Waals surface area contributed by atoms with Crippen LogP contribution < -0.4 is 15.4 Å². The summed E-state index contributed by atoms with van der Waals surface area (Å²) in [6.07, 6.45) is 1.68. The molecule has 1 heterocycles. The van der Waals surface area contributed by atoms with E-state index in [1.807, 2.05) is 24.3 Å². The smallest absolute Gasteiger partial charge is 0.213 e. The molecule has 4 nitrogen and oxygen atoms in total. The molecule has 0 aliphatic heterocycles. The summed E-state index contributed by atoms with van der Waals surface area (Å²) in [5.41, 5.74) is 2.01. The summed E-state index contributed by atoms with van der Waals surface area (Å²) in [6.45, 7) is 2.07. The number of nitrogens with one attached hydrogen (secondary N) is 2. The lowest BCUT2D eigenvalue weighted by atomic mass is 10.1. The Balaban J connectivity index is 1.91. The fraction of sp³-hybridized carbons (Fsp3) is 0.200. The molecule has 0 saturated carbocycles. The van der Waals surface area contributed by atoms with Crippen LogP contribution in [0.3, 0.4) is 0 Å². The summed E-state index contributed by atoms with van der Waals surface area (Å²) >= 11 is 5.29. The highest BCUT2D eigenvalue weighted by Crippen LogP contribution is 2.13. The highest BCUT2D eigenvalue weighted by Gasteiger charge is 2.06. The Bertz CT molecular complexity index is 557. The lowest BCUT2D eigenvalue weighted by Crippen LogP contribution is -2.30. The Morgan fingerprint density at radius 3 is 2.55 bits per heavy atom. The van der Waals surface area contributed by atoms with Gasteiger partial charge >= 0.3 is 0 Å². The number of benzene rings is 1. The highest BCUT2D eigenvalue weighted by atomic mass is 32.1. The highest BCUT2D eigenvalue weighted by molar-refractivity contribution is 7.80. The van der Waals surface area contributed by atoms with Gasteiger partial charge < -0.3 is 15.4 Å². The van der Waals surface area contributed by atoms with Gasteiger partial charge in [-0.3, -0.25) is 0 Å². The number of thiocarbonyl (C=S) groups is 1. The molecular formula is C15H17N3OS. The standard InChI is InChI=1S/C15H17N3OS/c1-11(12-6-4-3-5-7-12)17-15(20)18-13-8-9-14(19-2)16-10-13/h3-11H,1-2H3,(H2,17,18,20). The van der Waals surface area contributed by atoms with Crippen molar-refractivity contribution in [1.82, 2.24) is 10.3 Å². The fourth-order valence-corrected chi connectivity index (χ4v) is 2.06. The fourth-order valence-electron chi connectivity index (χ4n) is 1.76. The molecule has 0 aliphatic rings. The third-order valence-electron chi connectivity index (χ3n) is 2.85. The minimum Gasteiger partial charge on any atom is -0.481 e. The predicted molar refractivity (Wildman–Crippen MR) is 85.0 cm³/mol. The van der Waals surface area contributed by atoms with Gasteiger partial charge in [0, 0.05) is 6.07 Å². The Morgan fingerprint density at radius 2 is 1.95 bits per heavy atom. The first-order chi connectivity index (χ1) is 9.69. The Labute approximate surface area is 124 Å². The van der Waals surface area contributed by atoms with Crippen LogP contribution in [0, 0.1) is 0 Å². The maximum atomic E-state index is 5.29. The molecule has 20 heavy (non-hydrogen) atoms. The quantitative estimate of drug-likeness (QED) is 0.846. The number of hydrogen-bond acceptors (Lipinski definition) is 3. The molecule has 0 spiro atoms. The number of aromatic nitrogens is 1. The maximum absolute atomic E-state index is 5.29. The topological polar surface area (TPSA) is 46.2 Å². The molecular weight excluding hydrogens is 270 g/mol. The minimum atomic E-state index is 0.141. The first-order valence-corrected chi connectivity index (χ1v) is 6.72. The normalized spacial score (nSPS) is 11.5. The molecule has 0 saturated heterocycles. The molecule has 0 fully saturated rings. The van der Waals surface area contributed by atoms with Crippen LogP contribution in [-0.2, 0) is 0 Å². The lowest BCUT2D eigenvalue weighted by Gasteiger charge is -2.17. The van der Waals surface area contributed by atoms with Crippen molar-refractivity contribution in [2.45, 2.75) is 13.0 Å². The van der Waals surface area contributed by atoms with Gasteiger partial charge in [-0.2, -0.15) is 0 Å². The van der Waals surface area contributed by atoms with Crippen molar-refractivity contribution in [2.24, 2.45) is 0 Å². The number of anilines is 1. The number of pyridine rings is 1. The van der Waals surface area contributed by atoms with Gasteiger partial charge in [0.05, 0.1) is 25.0 Å². The van der Waals surface area contributed by atoms with Crippen molar-refractivity contribution in [3.05, 3.63) is 54.2 Å². The van der Waals surface area contributed by atoms with Crippen LogP contribution in [0.2, 0.25) is 0 Å². The van der Waals surface area contributed by atoms with E-state index in [2.05, 4.69) is 34.7 Å². The van der Waals surface area contributed by atoms with Crippen LogP contribution >= 0.6 is 12.2 Å². The largest absolute Gasteiger partial charge is 0.481 e. The van der Waals surface area contributed by atoms with Gasteiger partial charge in [0.15, 0.2) is 5.11 Å². The first-order valence-electron chi connectivity index (χ1n) is 6.31. The first kappa shape index (κ1) is 14.3. The monoisotopic (exact) mass is 287 g/mol. The molecule has 2 aromatic rings. The van der Waals surface area contributed by atoms with E-state index in [0.29, 0.717) is 11.0 Å². The number of methoxy groups -OCH3 is 1. The molecule has 2 N–H and O–H groups in total. The zero-order valence-corrected chi connectivity index (χ0v) is 12.3. The van der Waals surface area contributed by atoms with Crippen LogP contribution in [0.15, 0.2) is 48.7 Å². The Kier molecular flexibility index (Phi) is 4.90. The summed E-state index contributed by atoms with van der Waals surface area (Å²) in [7, 11) is 1.59. The molecule has 5 heteroatoms. The molecule has 2 rings (SSSR count). The van der Waals surface area contributed by atoms with Gasteiger partial charge in [0.25, 0.3) is 0 Å².